The van der Waals surface area contributed by atoms with E-state index in [1.807, 2.05) is 37.3 Å². The van der Waals surface area contributed by atoms with Crippen molar-refractivity contribution in [3.8, 4) is 29.1 Å². The number of fused-ring (bicyclic) bond motifs is 2. The van der Waals surface area contributed by atoms with Gasteiger partial charge in [-0.2, -0.15) is 5.26 Å². The number of nitrogens with zero attached hydrogens (tertiary/aromatic N) is 2. The lowest BCUT2D eigenvalue weighted by Gasteiger charge is -2.32. The SMILES string of the molecule is COc1cc(C2C3=C(C#N)C(N)=NC3Oc3cc(C)ccc32)cc(OC)c1OC. The summed E-state index contributed by atoms with van der Waals surface area (Å²) in [4.78, 5) is 4.37. The zero-order chi connectivity index (χ0) is 20.7. The third-order valence-electron chi connectivity index (χ3n) is 5.23. The fourth-order valence-corrected chi connectivity index (χ4v) is 3.93. The number of hydrogen-bond donors (Lipinski definition) is 1. The summed E-state index contributed by atoms with van der Waals surface area (Å²) in [6, 6.07) is 11.9. The van der Waals surface area contributed by atoms with Gasteiger partial charge in [0.2, 0.25) is 12.0 Å². The predicted molar refractivity (Wildman–Crippen MR) is 108 cm³/mol. The number of benzene rings is 2. The van der Waals surface area contributed by atoms with Gasteiger partial charge < -0.3 is 24.7 Å². The molecule has 2 N–H and O–H groups in total. The third kappa shape index (κ3) is 2.85. The number of amidine groups is 1. The molecule has 0 amide bonds. The number of hydrogen-bond acceptors (Lipinski definition) is 7. The Hall–Kier alpha value is -3.66. The van der Waals surface area contributed by atoms with Crippen molar-refractivity contribution in [2.45, 2.75) is 19.1 Å². The lowest BCUT2D eigenvalue weighted by Crippen LogP contribution is -2.27. The molecule has 0 aliphatic carbocycles. The van der Waals surface area contributed by atoms with Gasteiger partial charge in [0.25, 0.3) is 0 Å². The number of nitrogens with two attached hydrogens (primary N) is 1. The summed E-state index contributed by atoms with van der Waals surface area (Å²) in [6.45, 7) is 2.00. The minimum Gasteiger partial charge on any atom is -0.493 e. The van der Waals surface area contributed by atoms with Gasteiger partial charge >= 0.3 is 0 Å². The molecule has 0 radical (unpaired) electrons. The van der Waals surface area contributed by atoms with Gasteiger partial charge in [-0.15, -0.1) is 0 Å². The first kappa shape index (κ1) is 18.7. The Labute approximate surface area is 169 Å². The van der Waals surface area contributed by atoms with Gasteiger partial charge in [-0.1, -0.05) is 12.1 Å². The smallest absolute Gasteiger partial charge is 0.216 e. The fraction of sp³-hybridized carbons (Fsp3) is 0.273. The van der Waals surface area contributed by atoms with Gasteiger partial charge in [0.05, 0.1) is 26.9 Å². The number of aryl methyl sites for hydroxylation is 1. The van der Waals surface area contributed by atoms with Crippen LogP contribution in [-0.4, -0.2) is 33.4 Å². The summed E-state index contributed by atoms with van der Waals surface area (Å²) >= 11 is 0. The van der Waals surface area contributed by atoms with Crippen molar-refractivity contribution in [1.29, 1.82) is 5.26 Å². The van der Waals surface area contributed by atoms with Gasteiger partial charge in [0.15, 0.2) is 11.5 Å². The Bertz CT molecular complexity index is 1070. The molecule has 0 saturated carbocycles. The van der Waals surface area contributed by atoms with E-state index in [0.717, 1.165) is 22.3 Å². The molecule has 2 unspecified atom stereocenters. The lowest BCUT2D eigenvalue weighted by atomic mass is 9.80. The second kappa shape index (κ2) is 7.06. The molecular weight excluding hydrogens is 370 g/mol. The first-order valence-corrected chi connectivity index (χ1v) is 9.07. The predicted octanol–water partition coefficient (Wildman–Crippen LogP) is 3.06. The number of aliphatic imine (C=N–C) groups is 1. The minimum atomic E-state index is -0.636. The first-order chi connectivity index (χ1) is 14.0. The number of methoxy groups -OCH3 is 3. The Morgan fingerprint density at radius 2 is 1.76 bits per heavy atom. The van der Waals surface area contributed by atoms with E-state index in [4.69, 9.17) is 24.7 Å². The van der Waals surface area contributed by atoms with E-state index in [2.05, 4.69) is 11.1 Å². The molecular formula is C22H21N3O4. The molecule has 0 bridgehead atoms. The van der Waals surface area contributed by atoms with Gasteiger partial charge in [-0.3, -0.25) is 0 Å². The van der Waals surface area contributed by atoms with E-state index in [9.17, 15) is 5.26 Å². The fourth-order valence-electron chi connectivity index (χ4n) is 3.93. The summed E-state index contributed by atoms with van der Waals surface area (Å²) in [6.07, 6.45) is -0.636. The summed E-state index contributed by atoms with van der Waals surface area (Å²) in [5.74, 6) is 2.18. The van der Waals surface area contributed by atoms with Crippen LogP contribution in [0.15, 0.2) is 46.5 Å². The van der Waals surface area contributed by atoms with E-state index < -0.39 is 6.23 Å². The van der Waals surface area contributed by atoms with Crippen LogP contribution in [0.1, 0.15) is 22.6 Å². The Morgan fingerprint density at radius 1 is 1.07 bits per heavy atom. The van der Waals surface area contributed by atoms with Crippen LogP contribution in [0.4, 0.5) is 0 Å². The van der Waals surface area contributed by atoms with Crippen LogP contribution in [-0.2, 0) is 0 Å². The molecule has 7 nitrogen and oxygen atoms in total. The maximum atomic E-state index is 9.72. The van der Waals surface area contributed by atoms with Gasteiger partial charge in [0, 0.05) is 17.1 Å². The van der Waals surface area contributed by atoms with Crippen LogP contribution < -0.4 is 24.7 Å². The van der Waals surface area contributed by atoms with E-state index in [0.29, 0.717) is 28.6 Å². The molecule has 4 rings (SSSR count). The van der Waals surface area contributed by atoms with E-state index in [-0.39, 0.29) is 11.8 Å². The van der Waals surface area contributed by atoms with Gasteiger partial charge in [-0.05, 0) is 36.2 Å². The van der Waals surface area contributed by atoms with E-state index in [1.54, 1.807) is 21.3 Å². The van der Waals surface area contributed by atoms with Crippen molar-refractivity contribution >= 4 is 5.84 Å². The molecule has 2 aromatic rings. The van der Waals surface area contributed by atoms with Crippen molar-refractivity contribution in [3.05, 3.63) is 58.2 Å². The molecule has 2 atom stereocenters. The summed E-state index contributed by atoms with van der Waals surface area (Å²) < 4.78 is 22.6. The van der Waals surface area contributed by atoms with Crippen LogP contribution in [0, 0.1) is 18.3 Å². The normalized spacial score (nSPS) is 19.5. The minimum absolute atomic E-state index is 0.189. The standard InChI is InChI=1S/C22H21N3O4/c1-11-5-6-13-15(7-11)29-22-19(14(10-23)21(24)25-22)18(13)12-8-16(26-2)20(28-4)17(9-12)27-3/h5-9,18,22H,1-4H3,(H2,24,25). The van der Waals surface area contributed by atoms with Crippen LogP contribution in [0.3, 0.4) is 0 Å². The van der Waals surface area contributed by atoms with Crippen LogP contribution >= 0.6 is 0 Å². The molecule has 2 aromatic carbocycles. The topological polar surface area (TPSA) is 99.1 Å². The number of ether oxygens (including phenoxy) is 4. The third-order valence-corrected chi connectivity index (χ3v) is 5.23. The quantitative estimate of drug-likeness (QED) is 0.860. The van der Waals surface area contributed by atoms with Gasteiger partial charge in [-0.25, -0.2) is 4.99 Å². The molecule has 29 heavy (non-hydrogen) atoms. The summed E-state index contributed by atoms with van der Waals surface area (Å²) in [5.41, 5.74) is 9.95. The second-order valence-electron chi connectivity index (χ2n) is 6.86. The van der Waals surface area contributed by atoms with Crippen molar-refractivity contribution in [3.63, 3.8) is 0 Å². The molecule has 0 fully saturated rings. The maximum absolute atomic E-state index is 9.72. The Kier molecular flexibility index (Phi) is 4.55. The number of rotatable bonds is 4. The van der Waals surface area contributed by atoms with Crippen LogP contribution in [0.25, 0.3) is 0 Å². The van der Waals surface area contributed by atoms with Crippen molar-refractivity contribution in [1.82, 2.24) is 0 Å². The lowest BCUT2D eigenvalue weighted by molar-refractivity contribution is 0.227. The largest absolute Gasteiger partial charge is 0.493 e. The molecule has 2 heterocycles. The average molecular weight is 391 g/mol. The highest BCUT2D eigenvalue weighted by molar-refractivity contribution is 6.04. The zero-order valence-corrected chi connectivity index (χ0v) is 16.6. The summed E-state index contributed by atoms with van der Waals surface area (Å²) in [7, 11) is 4.70. The highest BCUT2D eigenvalue weighted by Crippen LogP contribution is 2.50. The van der Waals surface area contributed by atoms with E-state index >= 15 is 0 Å². The monoisotopic (exact) mass is 391 g/mol. The zero-order valence-electron chi connectivity index (χ0n) is 16.6. The highest BCUT2D eigenvalue weighted by atomic mass is 16.5. The molecule has 7 heteroatoms. The molecule has 148 valence electrons. The van der Waals surface area contributed by atoms with Crippen molar-refractivity contribution in [2.75, 3.05) is 21.3 Å². The molecule has 2 aliphatic rings. The van der Waals surface area contributed by atoms with Crippen molar-refractivity contribution in [2.24, 2.45) is 10.7 Å². The van der Waals surface area contributed by atoms with Crippen molar-refractivity contribution < 1.29 is 18.9 Å². The molecule has 0 aromatic heterocycles. The van der Waals surface area contributed by atoms with Crippen LogP contribution in [0.5, 0.6) is 23.0 Å². The average Bonchev–Trinajstić information content (AvgIpc) is 3.04. The maximum Gasteiger partial charge on any atom is 0.216 e. The summed E-state index contributed by atoms with van der Waals surface area (Å²) in [5, 5.41) is 9.72. The molecule has 2 aliphatic heterocycles. The Balaban J connectivity index is 2.00. The highest BCUT2D eigenvalue weighted by Gasteiger charge is 2.41. The number of nitriles is 1. The first-order valence-electron chi connectivity index (χ1n) is 9.07. The van der Waals surface area contributed by atoms with E-state index in [1.165, 1.54) is 0 Å². The molecule has 0 saturated heterocycles. The van der Waals surface area contributed by atoms with Crippen LogP contribution in [0.2, 0.25) is 0 Å². The molecule has 0 spiro atoms. The second-order valence-corrected chi connectivity index (χ2v) is 6.86. The van der Waals surface area contributed by atoms with Gasteiger partial charge in [0.1, 0.15) is 17.7 Å². The Morgan fingerprint density at radius 3 is 2.34 bits per heavy atom.